The Hall–Kier alpha value is -1.79. The number of halogens is 3. The third-order valence-electron chi connectivity index (χ3n) is 6.02. The van der Waals surface area contributed by atoms with E-state index >= 15 is 0 Å². The third-order valence-corrected chi connectivity index (χ3v) is 6.25. The molecule has 0 unspecified atom stereocenters. The van der Waals surface area contributed by atoms with Gasteiger partial charge in [0, 0.05) is 37.7 Å². The first-order valence-electron chi connectivity index (χ1n) is 11.8. The van der Waals surface area contributed by atoms with Gasteiger partial charge in [0.25, 0.3) is 0 Å². The molecule has 3 aromatic carbocycles. The molecule has 0 amide bonds. The molecular formula is C28H35Cl3N2O2. The smallest absolute Gasteiger partial charge is 0.127 e. The van der Waals surface area contributed by atoms with Crippen LogP contribution >= 0.6 is 36.4 Å². The molecule has 0 saturated carbocycles. The largest absolute Gasteiger partial charge is 0.457 e. The van der Waals surface area contributed by atoms with Gasteiger partial charge in [0.2, 0.25) is 0 Å². The van der Waals surface area contributed by atoms with Crippen molar-refractivity contribution in [2.75, 3.05) is 45.9 Å². The first-order valence-corrected chi connectivity index (χ1v) is 12.2. The molecule has 1 fully saturated rings. The van der Waals surface area contributed by atoms with E-state index in [0.29, 0.717) is 6.61 Å². The normalized spacial score (nSPS) is 14.1. The summed E-state index contributed by atoms with van der Waals surface area (Å²) in [7, 11) is 0. The van der Waals surface area contributed by atoms with Gasteiger partial charge in [-0.2, -0.15) is 0 Å². The van der Waals surface area contributed by atoms with Crippen molar-refractivity contribution in [2.24, 2.45) is 0 Å². The predicted molar refractivity (Wildman–Crippen MR) is 150 cm³/mol. The summed E-state index contributed by atoms with van der Waals surface area (Å²) in [6.07, 6.45) is 2.27. The Morgan fingerprint density at radius 3 is 2.03 bits per heavy atom. The van der Waals surface area contributed by atoms with Crippen molar-refractivity contribution in [2.45, 2.75) is 19.4 Å². The number of benzene rings is 3. The van der Waals surface area contributed by atoms with Crippen LogP contribution in [0.1, 0.15) is 17.5 Å². The van der Waals surface area contributed by atoms with Crippen molar-refractivity contribution < 1.29 is 9.47 Å². The number of ether oxygens (including phenoxy) is 2. The summed E-state index contributed by atoms with van der Waals surface area (Å²) in [5, 5.41) is 0.831. The molecular weight excluding hydrogens is 503 g/mol. The predicted octanol–water partition coefficient (Wildman–Crippen LogP) is 6.74. The maximum Gasteiger partial charge on any atom is 0.127 e. The maximum atomic E-state index is 6.08. The van der Waals surface area contributed by atoms with Gasteiger partial charge in [0.15, 0.2) is 0 Å². The zero-order chi connectivity index (χ0) is 22.7. The van der Waals surface area contributed by atoms with Crippen LogP contribution in [-0.4, -0.2) is 55.7 Å². The fraction of sp³-hybridized carbons (Fsp3) is 0.357. The number of hydrogen-bond donors (Lipinski definition) is 0. The number of rotatable bonds is 11. The summed E-state index contributed by atoms with van der Waals surface area (Å²) >= 11 is 6.08. The van der Waals surface area contributed by atoms with Crippen LogP contribution in [0.25, 0.3) is 0 Å². The van der Waals surface area contributed by atoms with Gasteiger partial charge in [0.1, 0.15) is 11.5 Å². The van der Waals surface area contributed by atoms with Gasteiger partial charge in [-0.15, -0.1) is 24.8 Å². The van der Waals surface area contributed by atoms with Crippen LogP contribution in [0.15, 0.2) is 78.9 Å². The van der Waals surface area contributed by atoms with Crippen molar-refractivity contribution in [1.29, 1.82) is 0 Å². The summed E-state index contributed by atoms with van der Waals surface area (Å²) in [5.74, 6) is 1.69. The maximum absolute atomic E-state index is 6.08. The lowest BCUT2D eigenvalue weighted by molar-refractivity contribution is 0.0682. The molecule has 1 saturated heterocycles. The minimum Gasteiger partial charge on any atom is -0.457 e. The standard InChI is InChI=1S/C28H33ClN2O2.2ClH/c29-26-8-4-6-24(22-26)7-5-15-30-16-18-31(19-17-30)20-21-32-23-25-11-13-28(14-12-25)33-27-9-2-1-3-10-27;;/h1-4,6,8-14,22H,5,7,15-21,23H2;2*1H. The van der Waals surface area contributed by atoms with Crippen molar-refractivity contribution in [1.82, 2.24) is 9.80 Å². The highest BCUT2D eigenvalue weighted by Gasteiger charge is 2.16. The van der Waals surface area contributed by atoms with Gasteiger partial charge in [-0.25, -0.2) is 0 Å². The van der Waals surface area contributed by atoms with Crippen LogP contribution in [0.5, 0.6) is 11.5 Å². The summed E-state index contributed by atoms with van der Waals surface area (Å²) in [4.78, 5) is 5.07. The number of nitrogens with zero attached hydrogens (tertiary/aromatic N) is 2. The fourth-order valence-corrected chi connectivity index (χ4v) is 4.31. The Morgan fingerprint density at radius 2 is 1.34 bits per heavy atom. The minimum absolute atomic E-state index is 0. The first kappa shape index (κ1) is 29.4. The molecule has 3 aromatic rings. The molecule has 0 spiro atoms. The average molecular weight is 538 g/mol. The van der Waals surface area contributed by atoms with E-state index in [0.717, 1.165) is 68.8 Å². The van der Waals surface area contributed by atoms with Gasteiger partial charge in [-0.05, 0) is 66.9 Å². The molecule has 0 N–H and O–H groups in total. The quantitative estimate of drug-likeness (QED) is 0.253. The van der Waals surface area contributed by atoms with E-state index < -0.39 is 0 Å². The Labute approximate surface area is 227 Å². The Kier molecular flexibility index (Phi) is 13.5. The second kappa shape index (κ2) is 16.1. The van der Waals surface area contributed by atoms with Gasteiger partial charge >= 0.3 is 0 Å². The van der Waals surface area contributed by atoms with E-state index in [4.69, 9.17) is 21.1 Å². The van der Waals surface area contributed by atoms with E-state index in [1.165, 1.54) is 17.5 Å². The van der Waals surface area contributed by atoms with Crippen LogP contribution in [0.4, 0.5) is 0 Å². The highest BCUT2D eigenvalue weighted by Crippen LogP contribution is 2.21. The summed E-state index contributed by atoms with van der Waals surface area (Å²) < 4.78 is 11.8. The topological polar surface area (TPSA) is 24.9 Å². The average Bonchev–Trinajstić information content (AvgIpc) is 2.84. The zero-order valence-electron chi connectivity index (χ0n) is 20.0. The molecule has 0 aromatic heterocycles. The molecule has 1 aliphatic rings. The summed E-state index contributed by atoms with van der Waals surface area (Å²) in [5.41, 5.74) is 2.50. The van der Waals surface area contributed by atoms with Crippen molar-refractivity contribution in [3.63, 3.8) is 0 Å². The van der Waals surface area contributed by atoms with Crippen LogP contribution in [0.3, 0.4) is 0 Å². The molecule has 35 heavy (non-hydrogen) atoms. The molecule has 4 nitrogen and oxygen atoms in total. The summed E-state index contributed by atoms with van der Waals surface area (Å²) in [6.45, 7) is 8.05. The molecule has 4 rings (SSSR count). The van der Waals surface area contributed by atoms with Crippen molar-refractivity contribution in [3.05, 3.63) is 95.0 Å². The first-order chi connectivity index (χ1) is 16.2. The van der Waals surface area contributed by atoms with Gasteiger partial charge in [0.05, 0.1) is 13.2 Å². The highest BCUT2D eigenvalue weighted by atomic mass is 35.5. The molecule has 0 atom stereocenters. The Bertz CT molecular complexity index is 965. The lowest BCUT2D eigenvalue weighted by Gasteiger charge is -2.34. The Balaban J connectivity index is 0.00000216. The van der Waals surface area contributed by atoms with Crippen LogP contribution in [0, 0.1) is 0 Å². The number of aryl methyl sites for hydroxylation is 1. The number of piperazine rings is 1. The lowest BCUT2D eigenvalue weighted by Crippen LogP contribution is -2.47. The monoisotopic (exact) mass is 536 g/mol. The van der Waals surface area contributed by atoms with E-state index in [2.05, 4.69) is 34.1 Å². The molecule has 190 valence electrons. The van der Waals surface area contributed by atoms with E-state index in [1.54, 1.807) is 0 Å². The fourth-order valence-electron chi connectivity index (χ4n) is 4.10. The molecule has 7 heteroatoms. The molecule has 0 bridgehead atoms. The second-order valence-corrected chi connectivity index (χ2v) is 8.96. The SMILES string of the molecule is Cl.Cl.Clc1cccc(CCCN2CCN(CCOCc3ccc(Oc4ccccc4)cc3)CC2)c1. The lowest BCUT2D eigenvalue weighted by atomic mass is 10.1. The summed E-state index contributed by atoms with van der Waals surface area (Å²) in [6, 6.07) is 26.2. The zero-order valence-corrected chi connectivity index (χ0v) is 22.4. The van der Waals surface area contributed by atoms with E-state index in [9.17, 15) is 0 Å². The molecule has 0 aliphatic carbocycles. The molecule has 1 heterocycles. The van der Waals surface area contributed by atoms with Gasteiger partial charge in [-0.3, -0.25) is 4.90 Å². The third kappa shape index (κ3) is 10.4. The van der Waals surface area contributed by atoms with Crippen LogP contribution < -0.4 is 4.74 Å². The van der Waals surface area contributed by atoms with Gasteiger partial charge < -0.3 is 14.4 Å². The van der Waals surface area contributed by atoms with E-state index in [-0.39, 0.29) is 24.8 Å². The minimum atomic E-state index is 0. The number of hydrogen-bond acceptors (Lipinski definition) is 4. The second-order valence-electron chi connectivity index (χ2n) is 8.53. The molecule has 1 aliphatic heterocycles. The number of para-hydroxylation sites is 1. The van der Waals surface area contributed by atoms with Crippen molar-refractivity contribution >= 4 is 36.4 Å². The van der Waals surface area contributed by atoms with Crippen molar-refractivity contribution in [3.8, 4) is 11.5 Å². The van der Waals surface area contributed by atoms with Gasteiger partial charge in [-0.1, -0.05) is 54.1 Å². The highest BCUT2D eigenvalue weighted by molar-refractivity contribution is 6.30. The Morgan fingerprint density at radius 1 is 0.686 bits per heavy atom. The van der Waals surface area contributed by atoms with Crippen LogP contribution in [-0.2, 0) is 17.8 Å². The van der Waals surface area contributed by atoms with Crippen LogP contribution in [0.2, 0.25) is 5.02 Å². The molecule has 0 radical (unpaired) electrons. The van der Waals surface area contributed by atoms with E-state index in [1.807, 2.05) is 54.6 Å².